The highest BCUT2D eigenvalue weighted by Gasteiger charge is 2.19. The van der Waals surface area contributed by atoms with Crippen molar-refractivity contribution in [3.8, 4) is 0 Å². The van der Waals surface area contributed by atoms with Crippen LogP contribution in [-0.2, 0) is 28.3 Å². The number of benzene rings is 1. The summed E-state index contributed by atoms with van der Waals surface area (Å²) in [5, 5.41) is 3.99. The molecule has 0 spiro atoms. The van der Waals surface area contributed by atoms with Gasteiger partial charge in [-0.1, -0.05) is 6.07 Å². The van der Waals surface area contributed by atoms with Crippen LogP contribution in [0.5, 0.6) is 0 Å². The van der Waals surface area contributed by atoms with E-state index in [0.717, 1.165) is 0 Å². The number of carbonyl (C=O) groups is 1. The third-order valence-electron chi connectivity index (χ3n) is 2.88. The molecule has 1 atom stereocenters. The molecule has 1 aromatic carbocycles. The molecule has 112 valence electrons. The lowest BCUT2D eigenvalue weighted by Crippen LogP contribution is -2.11. The maximum atomic E-state index is 13.2. The number of carbonyl (C=O) groups excluding carboxylic acids is 1. The summed E-state index contributed by atoms with van der Waals surface area (Å²) in [5.74, 6) is -0.887. The first kappa shape index (κ1) is 15.4. The number of aromatic nitrogens is 2. The fourth-order valence-electron chi connectivity index (χ4n) is 1.83. The van der Waals surface area contributed by atoms with E-state index in [1.807, 2.05) is 0 Å². The van der Waals surface area contributed by atoms with Gasteiger partial charge in [0.15, 0.2) is 0 Å². The predicted octanol–water partition coefficient (Wildman–Crippen LogP) is 2.04. The molecule has 0 bridgehead atoms. The average molecular weight is 310 g/mol. The van der Waals surface area contributed by atoms with E-state index in [1.165, 1.54) is 29.1 Å². The van der Waals surface area contributed by atoms with Gasteiger partial charge in [0.25, 0.3) is 0 Å². The minimum atomic E-state index is -1.47. The Hall–Kier alpha value is -2.02. The van der Waals surface area contributed by atoms with Crippen molar-refractivity contribution in [1.29, 1.82) is 0 Å². The van der Waals surface area contributed by atoms with Gasteiger partial charge in [0, 0.05) is 11.9 Å². The summed E-state index contributed by atoms with van der Waals surface area (Å²) in [5.41, 5.74) is 0.778. The molecule has 1 unspecified atom stereocenters. The molecule has 0 N–H and O–H groups in total. The van der Waals surface area contributed by atoms with Crippen LogP contribution in [0.25, 0.3) is 0 Å². The van der Waals surface area contributed by atoms with Crippen LogP contribution in [0, 0.1) is 5.82 Å². The van der Waals surface area contributed by atoms with Crippen molar-refractivity contribution in [2.75, 3.05) is 6.61 Å². The molecule has 0 fully saturated rings. The van der Waals surface area contributed by atoms with E-state index in [2.05, 4.69) is 5.10 Å². The molecule has 0 aliphatic rings. The maximum Gasteiger partial charge on any atom is 0.341 e. The van der Waals surface area contributed by atoms with Gasteiger partial charge in [0.2, 0.25) is 0 Å². The molecule has 7 heteroatoms. The quantitative estimate of drug-likeness (QED) is 0.793. The SMILES string of the molecule is CCOC(=O)c1cnn(C)c1CS(=O)c1cccc(F)c1. The number of nitrogens with zero attached hydrogens (tertiary/aromatic N) is 2. The van der Waals surface area contributed by atoms with E-state index in [1.54, 1.807) is 20.0 Å². The highest BCUT2D eigenvalue weighted by atomic mass is 32.2. The molecule has 0 amide bonds. The van der Waals surface area contributed by atoms with Gasteiger partial charge >= 0.3 is 5.97 Å². The number of halogens is 1. The van der Waals surface area contributed by atoms with Gasteiger partial charge in [-0.3, -0.25) is 8.89 Å². The van der Waals surface area contributed by atoms with Gasteiger partial charge in [0.1, 0.15) is 11.4 Å². The van der Waals surface area contributed by atoms with E-state index in [9.17, 15) is 13.4 Å². The number of ether oxygens (including phenoxy) is 1. The smallest absolute Gasteiger partial charge is 0.341 e. The largest absolute Gasteiger partial charge is 0.462 e. The summed E-state index contributed by atoms with van der Waals surface area (Å²) in [6.07, 6.45) is 1.39. The van der Waals surface area contributed by atoms with Crippen molar-refractivity contribution in [2.45, 2.75) is 17.6 Å². The Kier molecular flexibility index (Phi) is 4.85. The van der Waals surface area contributed by atoms with Crippen LogP contribution >= 0.6 is 0 Å². The summed E-state index contributed by atoms with van der Waals surface area (Å²) >= 11 is 0. The van der Waals surface area contributed by atoms with Crippen LogP contribution in [0.4, 0.5) is 4.39 Å². The first-order chi connectivity index (χ1) is 10.0. The summed E-state index contributed by atoms with van der Waals surface area (Å²) in [6.45, 7) is 1.96. The van der Waals surface area contributed by atoms with E-state index < -0.39 is 22.6 Å². The third kappa shape index (κ3) is 3.55. The van der Waals surface area contributed by atoms with Crippen molar-refractivity contribution >= 4 is 16.8 Å². The van der Waals surface area contributed by atoms with E-state index in [0.29, 0.717) is 10.6 Å². The molecule has 1 aromatic heterocycles. The first-order valence-corrected chi connectivity index (χ1v) is 7.66. The molecule has 0 aliphatic carbocycles. The lowest BCUT2D eigenvalue weighted by atomic mass is 10.3. The lowest BCUT2D eigenvalue weighted by Gasteiger charge is -2.06. The number of hydrogen-bond donors (Lipinski definition) is 0. The third-order valence-corrected chi connectivity index (χ3v) is 4.20. The Morgan fingerprint density at radius 2 is 2.24 bits per heavy atom. The average Bonchev–Trinajstić information content (AvgIpc) is 2.80. The van der Waals surface area contributed by atoms with Crippen LogP contribution in [-0.4, -0.2) is 26.6 Å². The highest BCUT2D eigenvalue weighted by Crippen LogP contribution is 2.17. The summed E-state index contributed by atoms with van der Waals surface area (Å²) < 4.78 is 31.9. The van der Waals surface area contributed by atoms with Gasteiger partial charge in [0.05, 0.1) is 35.1 Å². The van der Waals surface area contributed by atoms with E-state index in [4.69, 9.17) is 4.74 Å². The van der Waals surface area contributed by atoms with E-state index in [-0.39, 0.29) is 17.9 Å². The highest BCUT2D eigenvalue weighted by molar-refractivity contribution is 7.84. The van der Waals surface area contributed by atoms with Gasteiger partial charge in [-0.05, 0) is 25.1 Å². The van der Waals surface area contributed by atoms with Crippen molar-refractivity contribution in [1.82, 2.24) is 9.78 Å². The molecule has 5 nitrogen and oxygen atoms in total. The molecule has 0 radical (unpaired) electrons. The van der Waals surface area contributed by atoms with Crippen molar-refractivity contribution in [3.63, 3.8) is 0 Å². The van der Waals surface area contributed by atoms with Crippen LogP contribution in [0.1, 0.15) is 23.0 Å². The fourth-order valence-corrected chi connectivity index (χ4v) is 3.06. The summed E-state index contributed by atoms with van der Waals surface area (Å²) in [7, 11) is 0.181. The molecule has 0 aliphatic heterocycles. The second-order valence-corrected chi connectivity index (χ2v) is 5.75. The molecular formula is C14H15FN2O3S. The molecule has 1 heterocycles. The fraction of sp³-hybridized carbons (Fsp3) is 0.286. The normalized spacial score (nSPS) is 12.1. The number of hydrogen-bond acceptors (Lipinski definition) is 4. The molecule has 2 rings (SSSR count). The topological polar surface area (TPSA) is 61.2 Å². The minimum Gasteiger partial charge on any atom is -0.462 e. The van der Waals surface area contributed by atoms with Crippen LogP contribution in [0.3, 0.4) is 0 Å². The zero-order valence-electron chi connectivity index (χ0n) is 11.7. The maximum absolute atomic E-state index is 13.2. The van der Waals surface area contributed by atoms with Crippen LogP contribution in [0.15, 0.2) is 35.4 Å². The van der Waals surface area contributed by atoms with Crippen LogP contribution in [0.2, 0.25) is 0 Å². The van der Waals surface area contributed by atoms with Crippen molar-refractivity contribution in [2.24, 2.45) is 7.05 Å². The summed E-state index contributed by atoms with van der Waals surface area (Å²) in [4.78, 5) is 12.2. The Morgan fingerprint density at radius 3 is 2.90 bits per heavy atom. The Labute approximate surface area is 124 Å². The van der Waals surface area contributed by atoms with Gasteiger partial charge < -0.3 is 4.74 Å². The van der Waals surface area contributed by atoms with Crippen LogP contribution < -0.4 is 0 Å². The first-order valence-electron chi connectivity index (χ1n) is 6.35. The second kappa shape index (κ2) is 6.62. The summed E-state index contributed by atoms with van der Waals surface area (Å²) in [6, 6.07) is 5.59. The Bertz CT molecular complexity index is 685. The second-order valence-electron chi connectivity index (χ2n) is 4.30. The Balaban J connectivity index is 2.25. The number of esters is 1. The van der Waals surface area contributed by atoms with Gasteiger partial charge in [-0.25, -0.2) is 9.18 Å². The zero-order chi connectivity index (χ0) is 15.4. The molecule has 2 aromatic rings. The standard InChI is InChI=1S/C14H15FN2O3S/c1-3-20-14(18)12-8-16-17(2)13(12)9-21(19)11-6-4-5-10(15)7-11/h4-8H,3,9H2,1-2H3. The van der Waals surface area contributed by atoms with Gasteiger partial charge in [-0.2, -0.15) is 5.10 Å². The molecule has 0 saturated heterocycles. The van der Waals surface area contributed by atoms with E-state index >= 15 is 0 Å². The lowest BCUT2D eigenvalue weighted by molar-refractivity contribution is 0.0525. The molecule has 0 saturated carbocycles. The van der Waals surface area contributed by atoms with Gasteiger partial charge in [-0.15, -0.1) is 0 Å². The number of aryl methyl sites for hydroxylation is 1. The minimum absolute atomic E-state index is 0.0636. The number of rotatable bonds is 5. The predicted molar refractivity (Wildman–Crippen MR) is 75.7 cm³/mol. The monoisotopic (exact) mass is 310 g/mol. The Morgan fingerprint density at radius 1 is 1.48 bits per heavy atom. The van der Waals surface area contributed by atoms with Crippen molar-refractivity contribution in [3.05, 3.63) is 47.5 Å². The molecule has 21 heavy (non-hydrogen) atoms. The zero-order valence-corrected chi connectivity index (χ0v) is 12.5. The van der Waals surface area contributed by atoms with Crippen molar-refractivity contribution < 1.29 is 18.1 Å². The molecular weight excluding hydrogens is 295 g/mol.